The van der Waals surface area contributed by atoms with Gasteiger partial charge in [0.1, 0.15) is 88.6 Å². The molecule has 9 aromatic carbocycles. The summed E-state index contributed by atoms with van der Waals surface area (Å²) in [4.78, 5) is 113. The number of thiol groups is 1. The number of phenolic OH excluding ortho intramolecular Hbond substituents is 1. The minimum atomic E-state index is -1.35. The van der Waals surface area contributed by atoms with E-state index < -0.39 is 29.4 Å². The van der Waals surface area contributed by atoms with Crippen LogP contribution in [-0.2, 0) is 19.9 Å². The molecule has 1 saturated heterocycles. The molecule has 6 N–H and O–H groups in total. The number of ether oxygens (including phenoxy) is 4. The smallest absolute Gasteiger partial charge is 0.340 e. The van der Waals surface area contributed by atoms with Crippen LogP contribution in [0.3, 0.4) is 0 Å². The highest BCUT2D eigenvalue weighted by molar-refractivity contribution is 8.00. The van der Waals surface area contributed by atoms with Crippen LogP contribution in [0.5, 0.6) is 23.0 Å². The van der Waals surface area contributed by atoms with E-state index in [9.17, 15) is 48.6 Å². The van der Waals surface area contributed by atoms with Crippen LogP contribution in [0.4, 0.5) is 11.4 Å². The molecule has 4 amide bonds. The number of phenols is 1. The fraction of sp³-hybridized carbons (Fsp3) is 0.305. The zero-order valence-electron chi connectivity index (χ0n) is 83.0. The van der Waals surface area contributed by atoms with Gasteiger partial charge in [-0.25, -0.2) is 18.7 Å². The van der Waals surface area contributed by atoms with E-state index in [1.54, 1.807) is 72.4 Å². The predicted octanol–water partition coefficient (Wildman–Crippen LogP) is 21.7. The van der Waals surface area contributed by atoms with Gasteiger partial charge in [0.2, 0.25) is 10.7 Å². The number of benzene rings is 12. The second kappa shape index (κ2) is 42.2. The maximum absolute atomic E-state index is 14.3. The van der Waals surface area contributed by atoms with Gasteiger partial charge in [-0.15, -0.1) is 12.6 Å². The summed E-state index contributed by atoms with van der Waals surface area (Å²) in [5, 5.41) is 38.2. The first kappa shape index (κ1) is 99.0. The number of thioether (sulfide) groups is 1. The van der Waals surface area contributed by atoms with Gasteiger partial charge >= 0.3 is 17.9 Å². The van der Waals surface area contributed by atoms with Crippen molar-refractivity contribution in [2.75, 3.05) is 68.8 Å². The Hall–Kier alpha value is -14.8. The molecular weight excluding hydrogens is 1870 g/mol. The molecule has 145 heavy (non-hydrogen) atoms. The van der Waals surface area contributed by atoms with Crippen LogP contribution in [-0.4, -0.2) is 140 Å². The summed E-state index contributed by atoms with van der Waals surface area (Å²) >= 11 is 6.68. The molecule has 3 fully saturated rings. The Morgan fingerprint density at radius 1 is 0.448 bits per heavy atom. The number of carbonyl (C=O) groups is 7. The molecule has 25 nitrogen and oxygen atoms in total. The highest BCUT2D eigenvalue weighted by Crippen LogP contribution is 2.58. The lowest BCUT2D eigenvalue weighted by molar-refractivity contribution is -0.131. The van der Waals surface area contributed by atoms with Crippen molar-refractivity contribution in [3.63, 3.8) is 0 Å². The number of carboxylic acids is 1. The van der Waals surface area contributed by atoms with E-state index in [1.165, 1.54) is 37.3 Å². The fourth-order valence-corrected chi connectivity index (χ4v) is 23.1. The molecule has 0 aromatic heterocycles. The summed E-state index contributed by atoms with van der Waals surface area (Å²) in [6, 6.07) is 66.1. The van der Waals surface area contributed by atoms with E-state index in [0.29, 0.717) is 136 Å². The van der Waals surface area contributed by atoms with Gasteiger partial charge in [-0.2, -0.15) is 0 Å². The summed E-state index contributed by atoms with van der Waals surface area (Å²) in [7, 11) is 0. The molecule has 27 heteroatoms. The lowest BCUT2D eigenvalue weighted by atomic mass is 9.77. The molecule has 0 radical (unpaired) electrons. The van der Waals surface area contributed by atoms with Crippen LogP contribution in [0.1, 0.15) is 217 Å². The zero-order valence-corrected chi connectivity index (χ0v) is 84.7. The highest BCUT2D eigenvalue weighted by Gasteiger charge is 2.54. The molecule has 9 aromatic rings. The summed E-state index contributed by atoms with van der Waals surface area (Å²) in [6.07, 6.45) is 8.21. The van der Waals surface area contributed by atoms with Gasteiger partial charge in [-0.05, 0) is 283 Å². The Labute approximate surface area is 850 Å². The van der Waals surface area contributed by atoms with Crippen LogP contribution in [0.25, 0.3) is 100 Å². The summed E-state index contributed by atoms with van der Waals surface area (Å²) in [5.74, 6) is -0.377. The van der Waals surface area contributed by atoms with E-state index in [-0.39, 0.29) is 86.5 Å². The number of nitrogens with one attached hydrogen (secondary N) is 4. The van der Waals surface area contributed by atoms with Gasteiger partial charge in [0, 0.05) is 216 Å². The lowest BCUT2D eigenvalue weighted by Gasteiger charge is -2.36. The first-order valence-corrected chi connectivity index (χ1v) is 51.8. The predicted molar refractivity (Wildman–Crippen MR) is 569 cm³/mol. The van der Waals surface area contributed by atoms with Crippen molar-refractivity contribution in [1.82, 2.24) is 30.4 Å². The molecule has 2 saturated carbocycles. The van der Waals surface area contributed by atoms with Crippen LogP contribution >= 0.6 is 24.4 Å². The van der Waals surface area contributed by atoms with Gasteiger partial charge in [0.05, 0.1) is 23.3 Å². The Kier molecular flexibility index (Phi) is 28.8. The second-order valence-corrected chi connectivity index (χ2v) is 39.5. The SMILES string of the molecule is CCN(CC)c1ccc2c(-c3ccc(C(=O)NC4CCC(NC(=O)c5ccc(-c6c7ccc(=O)cc-7oc7cc(O)ccc67)c(C(=O)O)c5)CC4)cc3SC3CCCCO3)c3ccc(=[N+](CC)CC)cc-3oc2c1.CCN(CC)c1ccc2c(-c3ccc(C(=O)NC4CCC(NC(=O)c5ccc6c(c5)C(=O)OC65c6ccc(C)cc6Oc6cc(OC(C)=O)ccc65)CC4)cc3S)c3ccc(=[N+](CC)CC)cc-3oc2c1. The second-order valence-electron chi connectivity index (χ2n) is 37.8. The van der Waals surface area contributed by atoms with E-state index >= 15 is 0 Å². The minimum Gasteiger partial charge on any atom is -0.508 e. The van der Waals surface area contributed by atoms with Crippen molar-refractivity contribution in [1.29, 1.82) is 0 Å². The monoisotopic (exact) mass is 1980 g/mol. The number of aromatic carboxylic acids is 1. The number of carboxylic acid groups (broad SMARTS) is 1. The number of rotatable bonds is 25. The maximum Gasteiger partial charge on any atom is 0.340 e. The van der Waals surface area contributed by atoms with Gasteiger partial charge < -0.3 is 73.5 Å². The molecule has 20 rings (SSSR count). The Morgan fingerprint density at radius 2 is 0.897 bits per heavy atom. The zero-order chi connectivity index (χ0) is 101. The number of carbonyl (C=O) groups excluding carboxylic acids is 6. The van der Waals surface area contributed by atoms with Crippen molar-refractivity contribution in [2.24, 2.45) is 0 Å². The first-order valence-electron chi connectivity index (χ1n) is 50.5. The summed E-state index contributed by atoms with van der Waals surface area (Å²) in [5.41, 5.74) is 14.1. The first-order chi connectivity index (χ1) is 70.2. The van der Waals surface area contributed by atoms with Crippen molar-refractivity contribution in [3.05, 3.63) is 295 Å². The largest absolute Gasteiger partial charge is 0.508 e. The number of anilines is 2. The number of fused-ring (bicyclic) bond motifs is 12. The Morgan fingerprint density at radius 3 is 1.41 bits per heavy atom. The van der Waals surface area contributed by atoms with E-state index in [0.717, 1.165) is 171 Å². The molecule has 6 heterocycles. The highest BCUT2D eigenvalue weighted by atomic mass is 32.2. The number of amides is 4. The van der Waals surface area contributed by atoms with Crippen LogP contribution in [0.2, 0.25) is 0 Å². The number of esters is 2. The van der Waals surface area contributed by atoms with Gasteiger partial charge in [-0.3, -0.25) is 28.8 Å². The molecule has 11 aliphatic rings. The normalized spacial score (nSPS) is 17.3. The van der Waals surface area contributed by atoms with Crippen LogP contribution in [0.15, 0.2) is 246 Å². The van der Waals surface area contributed by atoms with Gasteiger partial charge in [0.15, 0.2) is 11.0 Å². The van der Waals surface area contributed by atoms with Crippen molar-refractivity contribution < 1.29 is 76.0 Å². The average molecular weight is 1980 g/mol. The molecule has 1 spiro atoms. The minimum absolute atomic E-state index is 0.0519. The van der Waals surface area contributed by atoms with E-state index in [1.807, 2.05) is 55.5 Å². The van der Waals surface area contributed by atoms with E-state index in [2.05, 4.69) is 174 Å². The molecule has 2 unspecified atom stereocenters. The van der Waals surface area contributed by atoms with E-state index in [4.69, 9.17) is 44.8 Å². The number of hydrogen-bond donors (Lipinski definition) is 7. The maximum atomic E-state index is 14.3. The molecule has 2 atom stereocenters. The van der Waals surface area contributed by atoms with Crippen LogP contribution < -0.4 is 65.8 Å². The third-order valence-electron chi connectivity index (χ3n) is 29.0. The van der Waals surface area contributed by atoms with Crippen LogP contribution in [0, 0.1) is 6.92 Å². The van der Waals surface area contributed by atoms with Gasteiger partial charge in [-0.1, -0.05) is 48.2 Å². The molecule has 0 bridgehead atoms. The fourth-order valence-electron chi connectivity index (χ4n) is 21.5. The van der Waals surface area contributed by atoms with Crippen molar-refractivity contribution >= 4 is 110 Å². The molecule has 6 aliphatic heterocycles. The summed E-state index contributed by atoms with van der Waals surface area (Å²) in [6.45, 7) is 28.2. The number of hydrogen-bond acceptors (Lipinski definition) is 20. The molecule has 742 valence electrons. The number of nitrogens with zero attached hydrogens (tertiary/aromatic N) is 4. The molecule has 5 aliphatic carbocycles. The Balaban J connectivity index is 0.000000183. The lowest BCUT2D eigenvalue weighted by Crippen LogP contribution is -2.43. The summed E-state index contributed by atoms with van der Waals surface area (Å²) < 4.78 is 48.4. The third-order valence-corrected chi connectivity index (χ3v) is 30.6. The average Bonchev–Trinajstić information content (AvgIpc) is 1.56. The Bertz CT molecular complexity index is 7750. The number of aryl methyl sites for hydroxylation is 1. The van der Waals surface area contributed by atoms with Crippen molar-refractivity contribution in [3.8, 4) is 90.3 Å². The quantitative estimate of drug-likeness (QED) is 0.00919. The number of aromatic hydroxyl groups is 1. The third kappa shape index (κ3) is 19.9. The van der Waals surface area contributed by atoms with Crippen molar-refractivity contribution in [2.45, 2.75) is 185 Å². The molecular formula is C118H118N8O17S2+2. The van der Waals surface area contributed by atoms with Gasteiger partial charge in [0.25, 0.3) is 23.6 Å². The topological polar surface area (TPSA) is 314 Å². The standard InChI is InChI=1S/C60H60N4O9S.C58H56N4O8S/c1-5-63(6-2)39-18-24-44-50(31-39)72-51-32-40(64(7-3)8-4)19-25-45(51)57(44)48-23-13-36(30-54(48)74-55-11-9-10-28-71-55)59(68)62-38-16-14-37(15-17-38)61-58(67)35-12-22-43(49(29-35)60(69)70)56-46-26-20-41(65)33-52(46)73-53-34-42(66)21-27-47(53)56;1-7-61(8-2)39-18-22-42-49(30-39)68-50-31-40(62(9-3)10-4)19-23-43(50)54(42)44-21-12-36(29-53(44)71)56(65)60-38-16-14-37(15-17-38)59-55(64)35-13-25-46-45(28-35)57(66)70-58(46)47-24-11-33(5)27-51(47)69-52-32-41(67-34(6)63)20-26-48(52)58/h12-13,18-27,29-34,37-38,55H,5-11,14-17,28H2,1-4H3,(H3-,61,62,65,66,67,68,69,70);11-13,18-32,37-38H,7-10,14-17H2,1-6H3,(H2,59,60,64,65)/p+2.